The summed E-state index contributed by atoms with van der Waals surface area (Å²) in [6.45, 7) is 4.06. The molecule has 0 bridgehead atoms. The van der Waals surface area contributed by atoms with Gasteiger partial charge in [0.05, 0.1) is 25.5 Å². The maximum absolute atomic E-state index is 14.1. The van der Waals surface area contributed by atoms with Gasteiger partial charge in [0.15, 0.2) is 11.3 Å². The Bertz CT molecular complexity index is 1570. The average molecular weight is 580 g/mol. The van der Waals surface area contributed by atoms with Crippen molar-refractivity contribution < 1.29 is 23.4 Å². The van der Waals surface area contributed by atoms with Crippen molar-refractivity contribution in [1.82, 2.24) is 24.4 Å². The lowest BCUT2D eigenvalue weighted by Crippen LogP contribution is -2.33. The van der Waals surface area contributed by atoms with Crippen LogP contribution in [-0.2, 0) is 42.0 Å². The molecular formula is C30H31ClFN5O4. The van der Waals surface area contributed by atoms with Crippen LogP contribution in [0.2, 0.25) is 5.02 Å². The number of hydrogen-bond donors (Lipinski definition) is 0. The second-order valence-corrected chi connectivity index (χ2v) is 10.8. The minimum Gasteiger partial charge on any atom is -0.473 e. The average Bonchev–Trinajstić information content (AvgIpc) is 3.30. The fourth-order valence-electron chi connectivity index (χ4n) is 5.25. The van der Waals surface area contributed by atoms with Crippen LogP contribution in [0.15, 0.2) is 42.5 Å². The van der Waals surface area contributed by atoms with Crippen molar-refractivity contribution in [1.29, 1.82) is 0 Å². The molecule has 3 aromatic heterocycles. The van der Waals surface area contributed by atoms with Gasteiger partial charge in [0.2, 0.25) is 5.88 Å². The lowest BCUT2D eigenvalue weighted by atomic mass is 10.0. The molecule has 0 unspecified atom stereocenters. The number of pyridine rings is 2. The van der Waals surface area contributed by atoms with Crippen molar-refractivity contribution in [3.05, 3.63) is 81.6 Å². The van der Waals surface area contributed by atoms with Gasteiger partial charge in [-0.25, -0.2) is 24.1 Å². The number of ether oxygens (including phenoxy) is 3. The van der Waals surface area contributed by atoms with Crippen molar-refractivity contribution in [3.8, 4) is 5.88 Å². The number of halogens is 2. The Hall–Kier alpha value is -3.60. The van der Waals surface area contributed by atoms with Crippen molar-refractivity contribution >= 4 is 28.7 Å². The number of methoxy groups -OCH3 is 1. The third-order valence-electron chi connectivity index (χ3n) is 7.62. The molecule has 2 aliphatic rings. The molecule has 1 saturated heterocycles. The summed E-state index contributed by atoms with van der Waals surface area (Å²) in [5, 5.41) is 0.354. The third-order valence-corrected chi connectivity index (χ3v) is 7.86. The van der Waals surface area contributed by atoms with E-state index in [0.717, 1.165) is 69.0 Å². The van der Waals surface area contributed by atoms with Crippen LogP contribution in [0, 0.1) is 5.82 Å². The molecule has 5 heterocycles. The Balaban J connectivity index is 1.09. The van der Waals surface area contributed by atoms with Crippen molar-refractivity contribution in [2.75, 3.05) is 26.8 Å². The first-order valence-corrected chi connectivity index (χ1v) is 14.2. The van der Waals surface area contributed by atoms with Gasteiger partial charge in [-0.05, 0) is 55.6 Å². The summed E-state index contributed by atoms with van der Waals surface area (Å²) >= 11 is 5.85. The maximum atomic E-state index is 14.1. The molecule has 0 amide bonds. The van der Waals surface area contributed by atoms with Gasteiger partial charge in [-0.2, -0.15) is 0 Å². The Kier molecular flexibility index (Phi) is 8.13. The molecule has 0 saturated carbocycles. The Morgan fingerprint density at radius 2 is 2.05 bits per heavy atom. The molecule has 214 valence electrons. The number of hydrogen-bond acceptors (Lipinski definition) is 8. The monoisotopic (exact) mass is 579 g/mol. The first-order valence-electron chi connectivity index (χ1n) is 13.8. The predicted octanol–water partition coefficient (Wildman–Crippen LogP) is 4.76. The second kappa shape index (κ2) is 12.1. The van der Waals surface area contributed by atoms with E-state index in [1.807, 2.05) is 18.2 Å². The first kappa shape index (κ1) is 27.6. The lowest BCUT2D eigenvalue weighted by molar-refractivity contribution is -0.0590. The van der Waals surface area contributed by atoms with E-state index in [2.05, 4.69) is 14.5 Å². The van der Waals surface area contributed by atoms with Gasteiger partial charge in [0.25, 0.3) is 0 Å². The van der Waals surface area contributed by atoms with Crippen LogP contribution in [0.25, 0.3) is 11.2 Å². The number of carbonyl (C=O) groups is 1. The van der Waals surface area contributed by atoms with Gasteiger partial charge in [0, 0.05) is 42.8 Å². The molecule has 0 radical (unpaired) electrons. The molecule has 0 N–H and O–H groups in total. The number of rotatable bonds is 10. The van der Waals surface area contributed by atoms with Gasteiger partial charge >= 0.3 is 5.97 Å². The van der Waals surface area contributed by atoms with Crippen LogP contribution in [-0.4, -0.2) is 63.3 Å². The maximum Gasteiger partial charge on any atom is 0.356 e. The molecule has 9 nitrogen and oxygen atoms in total. The number of esters is 1. The zero-order valence-electron chi connectivity index (χ0n) is 22.8. The van der Waals surface area contributed by atoms with Gasteiger partial charge < -0.3 is 18.8 Å². The minimum atomic E-state index is -0.467. The molecular weight excluding hydrogens is 549 g/mol. The molecule has 11 heteroatoms. The molecule has 0 aliphatic carbocycles. The second-order valence-electron chi connectivity index (χ2n) is 10.4. The first-order chi connectivity index (χ1) is 20.0. The minimum absolute atomic E-state index is 0.0847. The van der Waals surface area contributed by atoms with E-state index in [-0.39, 0.29) is 18.4 Å². The Labute approximate surface area is 242 Å². The predicted molar refractivity (Wildman–Crippen MR) is 151 cm³/mol. The van der Waals surface area contributed by atoms with E-state index in [1.54, 1.807) is 18.2 Å². The number of benzene rings is 1. The SMILES string of the molecule is COC(=O)c1ccc2nc(CCCN3CCc4ccc(OCc5ccc(Cl)cc5F)nc4C3)n(C[C@@H]3CCO3)c2n1. The van der Waals surface area contributed by atoms with Gasteiger partial charge in [-0.3, -0.25) is 4.90 Å². The van der Waals surface area contributed by atoms with Crippen LogP contribution in [0.1, 0.15) is 46.0 Å². The highest BCUT2D eigenvalue weighted by atomic mass is 35.5. The van der Waals surface area contributed by atoms with E-state index >= 15 is 0 Å². The molecule has 2 aliphatic heterocycles. The highest BCUT2D eigenvalue weighted by Crippen LogP contribution is 2.24. The standard InChI is InChI=1S/C30H31ClFN5O4/c1-39-30(38)25-8-7-24-29(35-25)37(16-22-11-14-40-22)27(33-24)3-2-12-36-13-10-19-5-9-28(34-26(19)17-36)41-18-20-4-6-21(31)15-23(20)32/h4-9,15,22H,2-3,10-14,16-18H2,1H3/t22-/m0/s1. The number of nitrogens with zero attached hydrogens (tertiary/aromatic N) is 5. The number of fused-ring (bicyclic) bond motifs is 2. The summed E-state index contributed by atoms with van der Waals surface area (Å²) in [6, 6.07) is 11.9. The lowest BCUT2D eigenvalue weighted by Gasteiger charge is -2.28. The van der Waals surface area contributed by atoms with E-state index in [0.29, 0.717) is 28.7 Å². The molecule has 4 aromatic rings. The Morgan fingerprint density at radius 3 is 2.83 bits per heavy atom. The number of imidazole rings is 1. The number of aromatic nitrogens is 4. The Morgan fingerprint density at radius 1 is 1.17 bits per heavy atom. The van der Waals surface area contributed by atoms with Crippen LogP contribution in [0.4, 0.5) is 4.39 Å². The fraction of sp³-hybridized carbons (Fsp3) is 0.400. The molecule has 41 heavy (non-hydrogen) atoms. The van der Waals surface area contributed by atoms with E-state index in [4.69, 9.17) is 35.8 Å². The zero-order valence-corrected chi connectivity index (χ0v) is 23.6. The van der Waals surface area contributed by atoms with Crippen molar-refractivity contribution in [3.63, 3.8) is 0 Å². The van der Waals surface area contributed by atoms with Crippen molar-refractivity contribution in [2.45, 2.75) is 51.5 Å². The smallest absolute Gasteiger partial charge is 0.356 e. The van der Waals surface area contributed by atoms with Crippen LogP contribution in [0.5, 0.6) is 5.88 Å². The molecule has 1 fully saturated rings. The zero-order chi connectivity index (χ0) is 28.3. The van der Waals surface area contributed by atoms with Gasteiger partial charge in [0.1, 0.15) is 23.8 Å². The molecule has 0 spiro atoms. The van der Waals surface area contributed by atoms with Crippen LogP contribution >= 0.6 is 11.6 Å². The van der Waals surface area contributed by atoms with Crippen LogP contribution < -0.4 is 4.74 Å². The van der Waals surface area contributed by atoms with Gasteiger partial charge in [-0.15, -0.1) is 0 Å². The number of aryl methyl sites for hydroxylation is 1. The summed E-state index contributed by atoms with van der Waals surface area (Å²) in [6.07, 6.45) is 3.71. The molecule has 1 atom stereocenters. The third kappa shape index (κ3) is 6.19. The van der Waals surface area contributed by atoms with Crippen molar-refractivity contribution in [2.24, 2.45) is 0 Å². The quantitative estimate of drug-likeness (QED) is 0.248. The molecule has 6 rings (SSSR count). The van der Waals surface area contributed by atoms with E-state index in [9.17, 15) is 9.18 Å². The van der Waals surface area contributed by atoms with Crippen LogP contribution in [0.3, 0.4) is 0 Å². The van der Waals surface area contributed by atoms with E-state index in [1.165, 1.54) is 18.7 Å². The summed E-state index contributed by atoms with van der Waals surface area (Å²) in [5.41, 5.74) is 4.33. The normalized spacial score (nSPS) is 16.8. The fourth-order valence-corrected chi connectivity index (χ4v) is 5.41. The summed E-state index contributed by atoms with van der Waals surface area (Å²) < 4.78 is 32.6. The topological polar surface area (TPSA) is 91.6 Å². The largest absolute Gasteiger partial charge is 0.473 e. The van der Waals surface area contributed by atoms with Gasteiger partial charge in [-0.1, -0.05) is 23.7 Å². The van der Waals surface area contributed by atoms with E-state index < -0.39 is 11.8 Å². The summed E-state index contributed by atoms with van der Waals surface area (Å²) in [5.74, 6) is 0.553. The summed E-state index contributed by atoms with van der Waals surface area (Å²) in [7, 11) is 1.35. The molecule has 1 aromatic carbocycles. The highest BCUT2D eigenvalue weighted by molar-refractivity contribution is 6.30. The number of carbonyl (C=O) groups excluding carboxylic acids is 1. The summed E-state index contributed by atoms with van der Waals surface area (Å²) in [4.78, 5) is 28.6. The highest BCUT2D eigenvalue weighted by Gasteiger charge is 2.24.